The Kier molecular flexibility index (Phi) is 5.87. The first-order valence-electron chi connectivity index (χ1n) is 12.8. The van der Waals surface area contributed by atoms with Crippen molar-refractivity contribution in [3.8, 4) is 16.8 Å². The molecule has 39 heavy (non-hydrogen) atoms. The minimum atomic E-state index is -0.373. The zero-order valence-electron chi connectivity index (χ0n) is 21.9. The molecule has 1 aliphatic rings. The fourth-order valence-electron chi connectivity index (χ4n) is 4.76. The van der Waals surface area contributed by atoms with Gasteiger partial charge in [-0.2, -0.15) is 5.10 Å². The van der Waals surface area contributed by atoms with Crippen molar-refractivity contribution >= 4 is 34.3 Å². The van der Waals surface area contributed by atoms with E-state index in [4.69, 9.17) is 5.10 Å². The molecule has 0 atom stereocenters. The molecule has 0 radical (unpaired) electrons. The van der Waals surface area contributed by atoms with E-state index in [-0.39, 0.29) is 17.4 Å². The highest BCUT2D eigenvalue weighted by Crippen LogP contribution is 2.31. The average Bonchev–Trinajstić information content (AvgIpc) is 3.53. The van der Waals surface area contributed by atoms with Gasteiger partial charge in [0.15, 0.2) is 0 Å². The largest absolute Gasteiger partial charge is 0.348 e. The fraction of sp³-hybridized carbons (Fsp3) is 0.161. The van der Waals surface area contributed by atoms with Gasteiger partial charge in [0.1, 0.15) is 5.82 Å². The normalized spacial score (nSPS) is 12.7. The van der Waals surface area contributed by atoms with Crippen LogP contribution in [0.4, 0.5) is 16.3 Å². The first kappa shape index (κ1) is 24.4. The number of rotatable bonds is 4. The van der Waals surface area contributed by atoms with Crippen LogP contribution >= 0.6 is 0 Å². The summed E-state index contributed by atoms with van der Waals surface area (Å²) in [7, 11) is 0. The number of hydrogen-bond acceptors (Lipinski definition) is 4. The number of nitrogens with zero attached hydrogens (tertiary/aromatic N) is 3. The number of amides is 3. The van der Waals surface area contributed by atoms with Gasteiger partial charge in [-0.15, -0.1) is 0 Å². The van der Waals surface area contributed by atoms with Gasteiger partial charge >= 0.3 is 6.03 Å². The van der Waals surface area contributed by atoms with Gasteiger partial charge in [0.05, 0.1) is 16.9 Å². The lowest BCUT2D eigenvalue weighted by molar-refractivity contribution is 0.0965. The van der Waals surface area contributed by atoms with Gasteiger partial charge in [0, 0.05) is 40.9 Å². The Morgan fingerprint density at radius 2 is 1.72 bits per heavy atom. The number of anilines is 2. The molecule has 3 amide bonds. The van der Waals surface area contributed by atoms with Crippen molar-refractivity contribution in [2.75, 3.05) is 10.6 Å². The van der Waals surface area contributed by atoms with E-state index in [9.17, 15) is 9.59 Å². The zero-order chi connectivity index (χ0) is 27.1. The van der Waals surface area contributed by atoms with Crippen molar-refractivity contribution in [3.63, 3.8) is 0 Å². The summed E-state index contributed by atoms with van der Waals surface area (Å²) >= 11 is 0. The van der Waals surface area contributed by atoms with Crippen LogP contribution in [0.15, 0.2) is 85.1 Å². The van der Waals surface area contributed by atoms with E-state index in [1.807, 2.05) is 78.9 Å². The van der Waals surface area contributed by atoms with Gasteiger partial charge in [-0.1, -0.05) is 51.1 Å². The lowest BCUT2D eigenvalue weighted by atomic mass is 9.92. The molecule has 8 heteroatoms. The molecule has 0 bridgehead atoms. The van der Waals surface area contributed by atoms with Crippen LogP contribution in [0, 0.1) is 0 Å². The zero-order valence-corrected chi connectivity index (χ0v) is 21.9. The molecule has 0 fully saturated rings. The maximum atomic E-state index is 13.1. The van der Waals surface area contributed by atoms with Gasteiger partial charge in [0.2, 0.25) is 0 Å². The van der Waals surface area contributed by atoms with E-state index in [1.54, 1.807) is 10.9 Å². The predicted molar refractivity (Wildman–Crippen MR) is 153 cm³/mol. The molecule has 2 aromatic heterocycles. The van der Waals surface area contributed by atoms with E-state index in [1.165, 1.54) is 0 Å². The number of nitrogens with one attached hydrogen (secondary N) is 3. The van der Waals surface area contributed by atoms with Gasteiger partial charge in [-0.25, -0.2) is 9.48 Å². The highest BCUT2D eigenvalue weighted by molar-refractivity contribution is 6.01. The molecule has 0 unspecified atom stereocenters. The molecule has 1 aliphatic heterocycles. The molecule has 194 valence electrons. The third-order valence-electron chi connectivity index (χ3n) is 6.85. The summed E-state index contributed by atoms with van der Waals surface area (Å²) in [5.41, 5.74) is 6.71. The topological polar surface area (TPSA) is 101 Å². The van der Waals surface area contributed by atoms with Gasteiger partial charge in [-0.05, 0) is 59.2 Å². The van der Waals surface area contributed by atoms with E-state index in [0.29, 0.717) is 23.6 Å². The second-order valence-electron chi connectivity index (χ2n) is 10.6. The average molecular weight is 517 g/mol. The van der Waals surface area contributed by atoms with Crippen molar-refractivity contribution in [2.45, 2.75) is 32.7 Å². The van der Waals surface area contributed by atoms with Gasteiger partial charge in [0.25, 0.3) is 5.91 Å². The summed E-state index contributed by atoms with van der Waals surface area (Å²) in [6, 6.07) is 24.7. The summed E-state index contributed by atoms with van der Waals surface area (Å²) in [6.45, 7) is 6.78. The van der Waals surface area contributed by atoms with Crippen LogP contribution in [0.1, 0.15) is 42.4 Å². The first-order valence-corrected chi connectivity index (χ1v) is 12.8. The number of carbonyl (C=O) groups is 2. The Labute approximate surface area is 226 Å². The predicted octanol–water partition coefficient (Wildman–Crippen LogP) is 6.27. The smallest absolute Gasteiger partial charge is 0.324 e. The van der Waals surface area contributed by atoms with E-state index >= 15 is 0 Å². The lowest BCUT2D eigenvalue weighted by Gasteiger charge is -2.14. The molecule has 3 N–H and O–H groups in total. The van der Waals surface area contributed by atoms with Crippen molar-refractivity contribution in [3.05, 3.63) is 102 Å². The molecule has 3 heterocycles. The molecule has 3 aromatic carbocycles. The maximum Gasteiger partial charge on any atom is 0.324 e. The van der Waals surface area contributed by atoms with Crippen molar-refractivity contribution in [1.82, 2.24) is 20.1 Å². The molecule has 0 saturated carbocycles. The van der Waals surface area contributed by atoms with Crippen LogP contribution in [0.3, 0.4) is 0 Å². The van der Waals surface area contributed by atoms with Gasteiger partial charge in [-0.3, -0.25) is 15.1 Å². The molecular weight excluding hydrogens is 488 g/mol. The number of urea groups is 1. The molecule has 0 aliphatic carbocycles. The summed E-state index contributed by atoms with van der Waals surface area (Å²) in [5, 5.41) is 14.6. The quantitative estimate of drug-likeness (QED) is 0.262. The summed E-state index contributed by atoms with van der Waals surface area (Å²) in [6.07, 6.45) is 1.77. The Balaban J connectivity index is 1.24. The molecule has 0 spiro atoms. The highest BCUT2D eigenvalue weighted by Gasteiger charge is 2.23. The summed E-state index contributed by atoms with van der Waals surface area (Å²) < 4.78 is 1.75. The molecule has 5 aromatic rings. The molecule has 6 rings (SSSR count). The third kappa shape index (κ3) is 4.72. The second-order valence-corrected chi connectivity index (χ2v) is 10.6. The van der Waals surface area contributed by atoms with Crippen molar-refractivity contribution in [2.24, 2.45) is 0 Å². The number of fused-ring (bicyclic) bond motifs is 2. The highest BCUT2D eigenvalue weighted by atomic mass is 16.2. The van der Waals surface area contributed by atoms with Crippen LogP contribution in [-0.2, 0) is 12.0 Å². The first-order chi connectivity index (χ1) is 18.8. The van der Waals surface area contributed by atoms with Crippen LogP contribution in [0.5, 0.6) is 0 Å². The summed E-state index contributed by atoms with van der Waals surface area (Å²) in [5.74, 6) is 0.519. The minimum Gasteiger partial charge on any atom is -0.348 e. The standard InChI is InChI=1S/C31H28N6O2/c1-31(2,3)27-17-28(37(36-27)22-13-14-26-20(16-22)6-5-15-32-26)35-30(39)34-21-11-9-19(10-12-21)23-7-4-8-24-25(23)18-33-29(24)38/h4-17H,18H2,1-3H3,(H,33,38)(H2,34,35,39). The van der Waals surface area contributed by atoms with Crippen LogP contribution in [0.2, 0.25) is 0 Å². The molecule has 8 nitrogen and oxygen atoms in total. The van der Waals surface area contributed by atoms with E-state index < -0.39 is 0 Å². The number of carbonyl (C=O) groups excluding carboxylic acids is 2. The van der Waals surface area contributed by atoms with Crippen LogP contribution < -0.4 is 16.0 Å². The number of pyridine rings is 1. The van der Waals surface area contributed by atoms with Crippen LogP contribution in [-0.4, -0.2) is 26.7 Å². The van der Waals surface area contributed by atoms with E-state index in [2.05, 4.69) is 41.7 Å². The lowest BCUT2D eigenvalue weighted by Crippen LogP contribution is -2.21. The fourth-order valence-corrected chi connectivity index (χ4v) is 4.76. The Morgan fingerprint density at radius 1 is 0.923 bits per heavy atom. The SMILES string of the molecule is CC(C)(C)c1cc(NC(=O)Nc2ccc(-c3cccc4c3CNC4=O)cc2)n(-c2ccc3ncccc3c2)n1. The van der Waals surface area contributed by atoms with Gasteiger partial charge < -0.3 is 10.6 Å². The molecule has 0 saturated heterocycles. The summed E-state index contributed by atoms with van der Waals surface area (Å²) in [4.78, 5) is 29.5. The third-order valence-corrected chi connectivity index (χ3v) is 6.85. The maximum absolute atomic E-state index is 13.1. The van der Waals surface area contributed by atoms with E-state index in [0.717, 1.165) is 39.0 Å². The Hall–Kier alpha value is -4.98. The second kappa shape index (κ2) is 9.40. The Morgan fingerprint density at radius 3 is 2.51 bits per heavy atom. The minimum absolute atomic E-state index is 0.0453. The van der Waals surface area contributed by atoms with Crippen molar-refractivity contribution in [1.29, 1.82) is 0 Å². The Bertz CT molecular complexity index is 1730. The number of benzene rings is 3. The van der Waals surface area contributed by atoms with Crippen LogP contribution in [0.25, 0.3) is 27.7 Å². The number of hydrogen-bond donors (Lipinski definition) is 3. The van der Waals surface area contributed by atoms with Crippen molar-refractivity contribution < 1.29 is 9.59 Å². The monoisotopic (exact) mass is 516 g/mol. The number of aromatic nitrogens is 3. The molecular formula is C31H28N6O2.